The predicted molar refractivity (Wildman–Crippen MR) is 262 cm³/mol. The average molecular weight is 867 g/mol. The van der Waals surface area contributed by atoms with E-state index >= 15 is 0 Å². The van der Waals surface area contributed by atoms with E-state index < -0.39 is 5.97 Å². The van der Waals surface area contributed by atoms with E-state index in [2.05, 4.69) is 41.2 Å². The van der Waals surface area contributed by atoms with Gasteiger partial charge in [-0.3, -0.25) is 4.99 Å². The van der Waals surface area contributed by atoms with Gasteiger partial charge in [-0.15, -0.1) is 0 Å². The lowest BCUT2D eigenvalue weighted by atomic mass is 10.0. The van der Waals surface area contributed by atoms with Gasteiger partial charge in [-0.05, 0) is 98.0 Å². The van der Waals surface area contributed by atoms with Crippen molar-refractivity contribution < 1.29 is 28.5 Å². The van der Waals surface area contributed by atoms with E-state index in [1.165, 1.54) is 122 Å². The van der Waals surface area contributed by atoms with Crippen LogP contribution in [0.25, 0.3) is 22.6 Å². The molecular weight excluding hydrogens is 797 g/mol. The third kappa shape index (κ3) is 16.8. The minimum atomic E-state index is -0.520. The molecule has 0 unspecified atom stereocenters. The summed E-state index contributed by atoms with van der Waals surface area (Å²) in [7, 11) is 0. The Morgan fingerprint density at radius 3 is 1.83 bits per heavy atom. The van der Waals surface area contributed by atoms with Crippen LogP contribution in [0, 0.1) is 5.92 Å². The molecule has 1 aliphatic rings. The number of nitrogens with zero attached hydrogens (tertiary/aromatic N) is 2. The Balaban J connectivity index is 0.847. The third-order valence-corrected chi connectivity index (χ3v) is 11.9. The number of carbonyl (C=O) groups is 1. The molecule has 6 rings (SSSR count). The molecule has 0 atom stereocenters. The van der Waals surface area contributed by atoms with Gasteiger partial charge in [0.15, 0.2) is 5.58 Å². The molecule has 1 aliphatic carbocycles. The van der Waals surface area contributed by atoms with E-state index in [1.807, 2.05) is 42.5 Å². The third-order valence-electron chi connectivity index (χ3n) is 11.9. The fourth-order valence-electron chi connectivity index (χ4n) is 8.04. The maximum absolute atomic E-state index is 12.8. The number of carbonyl (C=O) groups excluding carboxylic acids is 1. The van der Waals surface area contributed by atoms with Crippen LogP contribution in [0.4, 0.5) is 5.69 Å². The Kier molecular flexibility index (Phi) is 20.6. The maximum Gasteiger partial charge on any atom is 0.343 e. The SMILES string of the molecule is CCCCCCCCCCCCCCCCCCOc1ccc2nc(-c3ccc(N=Cc4ccc(OC(=O)c5ccc(OCCCCCCC6C=CC=C6)cc5)cc4O)cc3)oc2c1. The molecule has 0 aliphatic heterocycles. The van der Waals surface area contributed by atoms with Crippen LogP contribution >= 0.6 is 0 Å². The standard InChI is InChI=1S/C56H70N2O6/c1-2-3-4-5-6-7-8-9-10-11-12-13-14-15-17-22-40-62-50-37-38-52-54(42-50)64-55(58-52)45-27-32-48(33-28-45)57-43-47-31-36-51(41-53(47)59)63-56(60)46-29-34-49(35-30-46)61-39-23-18-16-19-24-44-25-20-21-26-44/h20-21,25-38,41-44,59H,2-19,22-24,39-40H2,1H3. The summed E-state index contributed by atoms with van der Waals surface area (Å²) < 4.78 is 23.6. The second kappa shape index (κ2) is 27.5. The molecular formula is C56H70N2O6. The number of fused-ring (bicyclic) bond motifs is 1. The highest BCUT2D eigenvalue weighted by Gasteiger charge is 2.12. The number of oxazole rings is 1. The van der Waals surface area contributed by atoms with Gasteiger partial charge in [-0.1, -0.05) is 147 Å². The van der Waals surface area contributed by atoms with Gasteiger partial charge in [0.2, 0.25) is 5.89 Å². The molecule has 0 radical (unpaired) electrons. The van der Waals surface area contributed by atoms with Crippen molar-refractivity contribution in [2.75, 3.05) is 13.2 Å². The summed E-state index contributed by atoms with van der Waals surface area (Å²) >= 11 is 0. The predicted octanol–water partition coefficient (Wildman–Crippen LogP) is 15.9. The molecule has 1 aromatic heterocycles. The van der Waals surface area contributed by atoms with Gasteiger partial charge in [-0.2, -0.15) is 0 Å². The fraction of sp³-hybridized carbons (Fsp3) is 0.446. The molecule has 8 heteroatoms. The first-order valence-electron chi connectivity index (χ1n) is 24.3. The number of allylic oxidation sites excluding steroid dienone is 4. The Morgan fingerprint density at radius 2 is 1.20 bits per heavy atom. The normalized spacial score (nSPS) is 12.5. The van der Waals surface area contributed by atoms with E-state index in [4.69, 9.17) is 18.6 Å². The first-order chi connectivity index (χ1) is 31.5. The first kappa shape index (κ1) is 47.8. The second-order valence-electron chi connectivity index (χ2n) is 17.2. The van der Waals surface area contributed by atoms with Crippen molar-refractivity contribution in [3.8, 4) is 34.5 Å². The lowest BCUT2D eigenvalue weighted by molar-refractivity contribution is 0.0734. The molecule has 0 amide bonds. The summed E-state index contributed by atoms with van der Waals surface area (Å²) in [6.45, 7) is 3.63. The Labute approximate surface area is 381 Å². The van der Waals surface area contributed by atoms with Crippen molar-refractivity contribution in [3.63, 3.8) is 0 Å². The number of phenols is 1. The molecule has 5 aromatic rings. The van der Waals surface area contributed by atoms with Crippen LogP contribution in [0.3, 0.4) is 0 Å². The van der Waals surface area contributed by atoms with Gasteiger partial charge in [0.1, 0.15) is 28.5 Å². The smallest absolute Gasteiger partial charge is 0.343 e. The van der Waals surface area contributed by atoms with Gasteiger partial charge in [0, 0.05) is 29.5 Å². The molecule has 1 N–H and O–H groups in total. The van der Waals surface area contributed by atoms with Crippen molar-refractivity contribution in [1.29, 1.82) is 0 Å². The van der Waals surface area contributed by atoms with Gasteiger partial charge >= 0.3 is 5.97 Å². The molecule has 1 heterocycles. The molecule has 0 fully saturated rings. The largest absolute Gasteiger partial charge is 0.507 e. The molecule has 4 aromatic carbocycles. The number of phenolic OH excluding ortho intramolecular Hbond substituents is 1. The highest BCUT2D eigenvalue weighted by Crippen LogP contribution is 2.30. The van der Waals surface area contributed by atoms with Crippen molar-refractivity contribution >= 4 is 29.0 Å². The second-order valence-corrected chi connectivity index (χ2v) is 17.2. The summed E-state index contributed by atoms with van der Waals surface area (Å²) in [5.74, 6) is 2.30. The van der Waals surface area contributed by atoms with Crippen LogP contribution in [0.15, 0.2) is 119 Å². The van der Waals surface area contributed by atoms with Crippen LogP contribution in [0.5, 0.6) is 23.0 Å². The Bertz CT molecular complexity index is 2190. The van der Waals surface area contributed by atoms with Crippen molar-refractivity contribution in [1.82, 2.24) is 4.98 Å². The van der Waals surface area contributed by atoms with Crippen LogP contribution in [-0.2, 0) is 0 Å². The van der Waals surface area contributed by atoms with E-state index in [-0.39, 0.29) is 11.5 Å². The fourth-order valence-corrected chi connectivity index (χ4v) is 8.04. The highest BCUT2D eigenvalue weighted by atomic mass is 16.5. The Hall–Kier alpha value is -5.63. The Morgan fingerprint density at radius 1 is 0.641 bits per heavy atom. The number of ether oxygens (including phenoxy) is 3. The zero-order valence-corrected chi connectivity index (χ0v) is 38.2. The van der Waals surface area contributed by atoms with Crippen LogP contribution in [0.2, 0.25) is 0 Å². The van der Waals surface area contributed by atoms with Crippen LogP contribution in [0.1, 0.15) is 158 Å². The van der Waals surface area contributed by atoms with E-state index in [1.54, 1.807) is 42.6 Å². The number of aromatic hydroxyl groups is 1. The molecule has 8 nitrogen and oxygen atoms in total. The van der Waals surface area contributed by atoms with Crippen molar-refractivity contribution in [2.24, 2.45) is 10.9 Å². The minimum Gasteiger partial charge on any atom is -0.507 e. The maximum atomic E-state index is 12.8. The summed E-state index contributed by atoms with van der Waals surface area (Å²) in [4.78, 5) is 22.0. The number of aliphatic imine (C=N–C) groups is 1. The molecule has 340 valence electrons. The zero-order valence-electron chi connectivity index (χ0n) is 38.2. The van der Waals surface area contributed by atoms with Gasteiger partial charge in [0.25, 0.3) is 0 Å². The quantitative estimate of drug-likeness (QED) is 0.0205. The summed E-state index contributed by atoms with van der Waals surface area (Å²) in [6, 6.07) is 25.0. The molecule has 0 saturated heterocycles. The number of aromatic nitrogens is 1. The highest BCUT2D eigenvalue weighted by molar-refractivity contribution is 5.91. The zero-order chi connectivity index (χ0) is 44.4. The lowest BCUT2D eigenvalue weighted by Crippen LogP contribution is -2.08. The summed E-state index contributed by atoms with van der Waals surface area (Å²) in [6.07, 6.45) is 37.7. The number of unbranched alkanes of at least 4 members (excludes halogenated alkanes) is 18. The molecule has 0 bridgehead atoms. The van der Waals surface area contributed by atoms with Gasteiger partial charge in [0.05, 0.1) is 24.5 Å². The van der Waals surface area contributed by atoms with Gasteiger partial charge in [-0.25, -0.2) is 9.78 Å². The lowest BCUT2D eigenvalue weighted by Gasteiger charge is -2.09. The van der Waals surface area contributed by atoms with Crippen molar-refractivity contribution in [3.05, 3.63) is 120 Å². The van der Waals surface area contributed by atoms with E-state index in [9.17, 15) is 9.90 Å². The van der Waals surface area contributed by atoms with E-state index in [0.717, 1.165) is 41.8 Å². The first-order valence-corrected chi connectivity index (χ1v) is 24.3. The minimum absolute atomic E-state index is 0.0542. The van der Waals surface area contributed by atoms with E-state index in [0.29, 0.717) is 47.4 Å². The molecule has 64 heavy (non-hydrogen) atoms. The topological polar surface area (TPSA) is 103 Å². The summed E-state index contributed by atoms with van der Waals surface area (Å²) in [5, 5.41) is 10.7. The number of hydrogen-bond acceptors (Lipinski definition) is 8. The monoisotopic (exact) mass is 867 g/mol. The van der Waals surface area contributed by atoms with Crippen LogP contribution < -0.4 is 14.2 Å². The van der Waals surface area contributed by atoms with Crippen LogP contribution in [-0.4, -0.2) is 35.5 Å². The number of hydrogen-bond donors (Lipinski definition) is 1. The number of rotatable bonds is 31. The number of esters is 1. The molecule has 0 spiro atoms. The summed E-state index contributed by atoms with van der Waals surface area (Å²) in [5.41, 5.74) is 3.86. The van der Waals surface area contributed by atoms with Crippen molar-refractivity contribution in [2.45, 2.75) is 142 Å². The number of benzene rings is 4. The van der Waals surface area contributed by atoms with Gasteiger partial charge < -0.3 is 23.7 Å². The molecule has 0 saturated carbocycles. The average Bonchev–Trinajstić information content (AvgIpc) is 4.00.